The first-order chi connectivity index (χ1) is 25.8. The van der Waals surface area contributed by atoms with Gasteiger partial charge in [-0.15, -0.1) is 0 Å². The van der Waals surface area contributed by atoms with Crippen LogP contribution in [0.2, 0.25) is 0 Å². The molecule has 0 unspecified atom stereocenters. The van der Waals surface area contributed by atoms with Crippen LogP contribution in [-0.4, -0.2) is 0 Å². The second-order valence-corrected chi connectivity index (χ2v) is 11.5. The van der Waals surface area contributed by atoms with Gasteiger partial charge in [-0.3, -0.25) is 0 Å². The van der Waals surface area contributed by atoms with Crippen LogP contribution in [-0.2, 0) is 0 Å². The van der Waals surface area contributed by atoms with E-state index in [-0.39, 0.29) is 53.1 Å². The van der Waals surface area contributed by atoms with E-state index in [9.17, 15) is 6.85 Å². The summed E-state index contributed by atoms with van der Waals surface area (Å²) >= 11 is 0. The normalized spacial score (nSPS) is 13.6. The summed E-state index contributed by atoms with van der Waals surface area (Å²) in [4.78, 5) is 0. The van der Waals surface area contributed by atoms with Crippen molar-refractivity contribution in [1.82, 2.24) is 0 Å². The van der Waals surface area contributed by atoms with E-state index in [2.05, 4.69) is 24.3 Å². The van der Waals surface area contributed by atoms with Crippen molar-refractivity contribution in [3.05, 3.63) is 182 Å². The Hall–Kier alpha value is -5.98. The Morgan fingerprint density at radius 3 is 1.52 bits per heavy atom. The summed E-state index contributed by atoms with van der Waals surface area (Å²) in [5.41, 5.74) is 4.97. The van der Waals surface area contributed by atoms with Crippen LogP contribution < -0.4 is 0 Å². The van der Waals surface area contributed by atoms with E-state index in [0.29, 0.717) is 44.2 Å². The molecule has 0 heterocycles. The van der Waals surface area contributed by atoms with E-state index < -0.39 is 0 Å². The summed E-state index contributed by atoms with van der Waals surface area (Å²) in [6.07, 6.45) is 0. The van der Waals surface area contributed by atoms with Gasteiger partial charge in [-0.25, -0.2) is 0 Å². The Morgan fingerprint density at radius 1 is 0.326 bits per heavy atom. The zero-order chi connectivity index (χ0) is 36.5. The van der Waals surface area contributed by atoms with Crippen molar-refractivity contribution in [2.45, 2.75) is 0 Å². The zero-order valence-corrected chi connectivity index (χ0v) is 24.8. The average molecular weight is 590 g/mol. The van der Waals surface area contributed by atoms with E-state index in [1.807, 2.05) is 115 Å². The molecule has 0 heteroatoms. The third-order valence-electron chi connectivity index (χ3n) is 8.87. The molecule has 9 aromatic rings. The van der Waals surface area contributed by atoms with Gasteiger partial charge in [0.25, 0.3) is 0 Å². The smallest absolute Gasteiger partial charge is 0.0622 e. The highest BCUT2D eigenvalue weighted by Crippen LogP contribution is 2.46. The molecule has 0 radical (unpaired) electrons. The lowest BCUT2D eigenvalue weighted by Crippen LogP contribution is -1.92. The summed E-state index contributed by atoms with van der Waals surface area (Å²) < 4.78 is 65.7. The quantitative estimate of drug-likeness (QED) is 0.179. The Bertz CT molecular complexity index is 2960. The molecule has 0 amide bonds. The number of benzene rings is 9. The molecule has 214 valence electrons. The van der Waals surface area contributed by atoms with E-state index >= 15 is 0 Å². The summed E-state index contributed by atoms with van der Waals surface area (Å²) in [6, 6.07) is 43.5. The molecule has 0 nitrogen and oxygen atoms in total. The molecule has 0 fully saturated rings. The first kappa shape index (κ1) is 20.1. The van der Waals surface area contributed by atoms with Gasteiger partial charge in [-0.2, -0.15) is 0 Å². The highest BCUT2D eigenvalue weighted by molar-refractivity contribution is 6.22. The van der Waals surface area contributed by atoms with Crippen LogP contribution >= 0.6 is 0 Å². The van der Waals surface area contributed by atoms with Crippen molar-refractivity contribution in [3.8, 4) is 44.5 Å². The van der Waals surface area contributed by atoms with E-state index in [1.165, 1.54) is 0 Å². The minimum Gasteiger partial charge on any atom is -0.0622 e. The van der Waals surface area contributed by atoms with Gasteiger partial charge in [0.15, 0.2) is 0 Å². The third-order valence-corrected chi connectivity index (χ3v) is 8.87. The number of hydrogen-bond donors (Lipinski definition) is 0. The van der Waals surface area contributed by atoms with Crippen molar-refractivity contribution in [1.29, 1.82) is 0 Å². The van der Waals surface area contributed by atoms with Gasteiger partial charge >= 0.3 is 0 Å². The fourth-order valence-corrected chi connectivity index (χ4v) is 6.80. The maximum Gasteiger partial charge on any atom is 0.0636 e. The predicted octanol–water partition coefficient (Wildman–Crippen LogP) is 13.0. The van der Waals surface area contributed by atoms with Crippen molar-refractivity contribution < 1.29 is 9.60 Å². The first-order valence-electron chi connectivity index (χ1n) is 18.9. The molecular formula is C46H30. The van der Waals surface area contributed by atoms with Gasteiger partial charge in [-0.1, -0.05) is 170 Å². The highest BCUT2D eigenvalue weighted by Gasteiger charge is 2.18. The lowest BCUT2D eigenvalue weighted by Gasteiger charge is -2.19. The van der Waals surface area contributed by atoms with Crippen LogP contribution in [0.4, 0.5) is 0 Å². The molecule has 0 aliphatic heterocycles. The van der Waals surface area contributed by atoms with Gasteiger partial charge in [0.05, 0.1) is 9.60 Å². The van der Waals surface area contributed by atoms with Crippen LogP contribution in [0.25, 0.3) is 87.6 Å². The molecule has 0 aromatic heterocycles. The molecule has 0 saturated heterocycles. The van der Waals surface area contributed by atoms with Gasteiger partial charge in [0.1, 0.15) is 0 Å². The van der Waals surface area contributed by atoms with Gasteiger partial charge in [0.2, 0.25) is 0 Å². The molecule has 0 N–H and O–H groups in total. The zero-order valence-electron chi connectivity index (χ0n) is 31.8. The third kappa shape index (κ3) is 4.30. The molecule has 0 saturated carbocycles. The lowest BCUT2D eigenvalue weighted by atomic mass is 9.84. The van der Waals surface area contributed by atoms with E-state index in [4.69, 9.17) is 2.74 Å². The summed E-state index contributed by atoms with van der Waals surface area (Å²) in [5.74, 6) is 0. The van der Waals surface area contributed by atoms with Crippen LogP contribution in [0.3, 0.4) is 0 Å². The SMILES string of the molecule is [2H]c1c([2H])c([2H])c2c(-c3cccc(-c4cccc5ccccc45)c3)c3c([2H])c(-c4cccc5ccccc45)c([2H])c([2H])c3c(-c3ccccc3)c2c1[2H]. The highest BCUT2D eigenvalue weighted by atomic mass is 14.2. The topological polar surface area (TPSA) is 0 Å². The molecular weight excluding hydrogens is 553 g/mol. The summed E-state index contributed by atoms with van der Waals surface area (Å²) in [7, 11) is 0. The summed E-state index contributed by atoms with van der Waals surface area (Å²) in [6.45, 7) is 0. The maximum atomic E-state index is 10.1. The molecule has 9 aromatic carbocycles. The number of rotatable bonds is 4. The van der Waals surface area contributed by atoms with Gasteiger partial charge < -0.3 is 0 Å². The average Bonchev–Trinajstić information content (AvgIpc) is 3.20. The maximum absolute atomic E-state index is 10.1. The lowest BCUT2D eigenvalue weighted by molar-refractivity contribution is 1.62. The largest absolute Gasteiger partial charge is 0.0636 e. The van der Waals surface area contributed by atoms with Crippen LogP contribution in [0.1, 0.15) is 9.60 Å². The Kier molecular flexibility index (Phi) is 4.76. The molecule has 0 bridgehead atoms. The number of hydrogen-bond acceptors (Lipinski definition) is 0. The molecule has 0 aliphatic rings. The van der Waals surface area contributed by atoms with Crippen molar-refractivity contribution in [3.63, 3.8) is 0 Å². The van der Waals surface area contributed by atoms with Crippen molar-refractivity contribution >= 4 is 43.1 Å². The minimum atomic E-state index is -0.384. The number of fused-ring (bicyclic) bond motifs is 4. The molecule has 0 atom stereocenters. The standard InChI is InChI=1S/C46H30/c1-2-15-33(16-3-1)45-41-23-8-9-24-42(41)46(36-20-10-19-34(29-36)39-25-11-17-31-13-4-6-21-37(31)39)44-30-35(27-28-43(44)45)40-26-12-18-32-14-5-7-22-38(32)40/h1-30H/i8D,9D,23D,24D,27D,28D,30D. The monoisotopic (exact) mass is 589 g/mol. The van der Waals surface area contributed by atoms with Crippen molar-refractivity contribution in [2.75, 3.05) is 0 Å². The molecule has 0 spiro atoms. The fraction of sp³-hybridized carbons (Fsp3) is 0. The fourth-order valence-electron chi connectivity index (χ4n) is 6.80. The van der Waals surface area contributed by atoms with E-state index in [1.54, 1.807) is 0 Å². The molecule has 9 rings (SSSR count). The van der Waals surface area contributed by atoms with E-state index in [0.717, 1.165) is 32.7 Å². The second kappa shape index (κ2) is 10.9. The Balaban J connectivity index is 1.53. The minimum absolute atomic E-state index is 0.0226. The second-order valence-electron chi connectivity index (χ2n) is 11.5. The van der Waals surface area contributed by atoms with Gasteiger partial charge in [0, 0.05) is 0 Å². The predicted molar refractivity (Wildman–Crippen MR) is 198 cm³/mol. The van der Waals surface area contributed by atoms with Crippen LogP contribution in [0, 0.1) is 0 Å². The van der Waals surface area contributed by atoms with Gasteiger partial charge in [-0.05, 0) is 99.7 Å². The van der Waals surface area contributed by atoms with Crippen molar-refractivity contribution in [2.24, 2.45) is 0 Å². The first-order valence-corrected chi connectivity index (χ1v) is 15.4. The molecule has 46 heavy (non-hydrogen) atoms. The Labute approximate surface area is 278 Å². The van der Waals surface area contributed by atoms with Crippen LogP contribution in [0.15, 0.2) is 182 Å². The Morgan fingerprint density at radius 2 is 0.826 bits per heavy atom. The molecule has 0 aliphatic carbocycles. The van der Waals surface area contributed by atoms with Crippen LogP contribution in [0.5, 0.6) is 0 Å². The summed E-state index contributed by atoms with van der Waals surface area (Å²) in [5, 5.41) is 5.13.